The predicted octanol–water partition coefficient (Wildman–Crippen LogP) is 1.79. The molecule has 1 atom stereocenters. The smallest absolute Gasteiger partial charge is 0.341 e. The maximum Gasteiger partial charge on any atom is 0.341 e. The lowest BCUT2D eigenvalue weighted by Crippen LogP contribution is -2.35. The van der Waals surface area contributed by atoms with Gasteiger partial charge in [-0.25, -0.2) is 4.79 Å². The monoisotopic (exact) mass is 360 g/mol. The number of carboxylic acid groups (broad SMARTS) is 1. The van der Waals surface area contributed by atoms with Gasteiger partial charge in [-0.1, -0.05) is 11.6 Å². The average Bonchev–Trinajstić information content (AvgIpc) is 2.92. The number of rotatable bonds is 3. The second-order valence-electron chi connectivity index (χ2n) is 5.68. The molecule has 0 radical (unpaired) electrons. The Kier molecular flexibility index (Phi) is 4.03. The molecule has 0 bridgehead atoms. The van der Waals surface area contributed by atoms with E-state index in [1.54, 1.807) is 0 Å². The molecule has 0 fully saturated rings. The number of halogens is 1. The zero-order valence-electron chi connectivity index (χ0n) is 13.1. The first-order chi connectivity index (χ1) is 11.8. The number of ether oxygens (including phenoxy) is 1. The zero-order valence-corrected chi connectivity index (χ0v) is 13.8. The molecular formula is C17H13ClN2O5. The van der Waals surface area contributed by atoms with Gasteiger partial charge in [0.05, 0.1) is 30.0 Å². The van der Waals surface area contributed by atoms with Gasteiger partial charge in [0, 0.05) is 16.1 Å². The van der Waals surface area contributed by atoms with Crippen LogP contribution in [0.25, 0.3) is 11.1 Å². The number of hydrogen-bond acceptors (Lipinski definition) is 5. The summed E-state index contributed by atoms with van der Waals surface area (Å²) in [5.74, 6) is -1.31. The van der Waals surface area contributed by atoms with Crippen LogP contribution in [0, 0.1) is 11.3 Å². The predicted molar refractivity (Wildman–Crippen MR) is 88.6 cm³/mol. The summed E-state index contributed by atoms with van der Waals surface area (Å²) in [6.07, 6.45) is 0.113. The van der Waals surface area contributed by atoms with Crippen LogP contribution < -0.4 is 10.3 Å². The molecule has 2 aromatic rings. The molecule has 1 aliphatic rings. The summed E-state index contributed by atoms with van der Waals surface area (Å²) in [5.41, 5.74) is -1.96. The summed E-state index contributed by atoms with van der Waals surface area (Å²) in [6, 6.07) is 6.47. The first-order valence-electron chi connectivity index (χ1n) is 7.33. The van der Waals surface area contributed by atoms with Crippen LogP contribution in [0.3, 0.4) is 0 Å². The van der Waals surface area contributed by atoms with Gasteiger partial charge in [-0.05, 0) is 31.0 Å². The van der Waals surface area contributed by atoms with Crippen molar-refractivity contribution in [2.24, 2.45) is 0 Å². The van der Waals surface area contributed by atoms with Crippen LogP contribution in [-0.4, -0.2) is 28.3 Å². The molecule has 128 valence electrons. The van der Waals surface area contributed by atoms with E-state index < -0.39 is 17.1 Å². The minimum absolute atomic E-state index is 0.0786. The normalized spacial score (nSPS) is 18.5. The van der Waals surface area contributed by atoms with Gasteiger partial charge >= 0.3 is 5.97 Å². The minimum Gasteiger partial charge on any atom is -0.496 e. The molecule has 0 saturated heterocycles. The number of pyridine rings is 1. The van der Waals surface area contributed by atoms with E-state index in [9.17, 15) is 25.1 Å². The van der Waals surface area contributed by atoms with Gasteiger partial charge in [0.1, 0.15) is 5.75 Å². The lowest BCUT2D eigenvalue weighted by atomic mass is 9.96. The van der Waals surface area contributed by atoms with Gasteiger partial charge in [0.2, 0.25) is 5.60 Å². The fraction of sp³-hybridized carbons (Fsp3) is 0.235. The number of fused-ring (bicyclic) bond motifs is 1. The number of aromatic nitrogens is 1. The number of carboxylic acids is 1. The zero-order chi connectivity index (χ0) is 18.4. The number of hydrogen-bond donors (Lipinski definition) is 3. The highest BCUT2D eigenvalue weighted by Crippen LogP contribution is 2.43. The highest BCUT2D eigenvalue weighted by molar-refractivity contribution is 6.31. The van der Waals surface area contributed by atoms with Gasteiger partial charge < -0.3 is 19.9 Å². The number of H-pyrrole nitrogens is 1. The average molecular weight is 361 g/mol. The number of aliphatic carboxylic acids is 1. The lowest BCUT2D eigenvalue weighted by Gasteiger charge is -2.19. The van der Waals surface area contributed by atoms with Gasteiger partial charge in [-0.3, -0.25) is 4.79 Å². The van der Waals surface area contributed by atoms with E-state index >= 15 is 0 Å². The summed E-state index contributed by atoms with van der Waals surface area (Å²) in [7, 11) is 1.34. The highest BCUT2D eigenvalue weighted by Gasteiger charge is 2.47. The number of aromatic amines is 1. The summed E-state index contributed by atoms with van der Waals surface area (Å²) >= 11 is 6.00. The van der Waals surface area contributed by atoms with Crippen molar-refractivity contribution >= 4 is 17.6 Å². The quantitative estimate of drug-likeness (QED) is 0.766. The van der Waals surface area contributed by atoms with Crippen molar-refractivity contribution in [1.82, 2.24) is 4.98 Å². The SMILES string of the molecule is COc1c2c([nH]c(=O)c1-c1cc(Cl)ccc1C#N)C(O)(C(=O)O)CC2. The Labute approximate surface area is 147 Å². The van der Waals surface area contributed by atoms with Crippen molar-refractivity contribution in [1.29, 1.82) is 5.26 Å². The molecule has 0 aliphatic heterocycles. The molecule has 3 rings (SSSR count). The van der Waals surface area contributed by atoms with Crippen molar-refractivity contribution in [2.45, 2.75) is 18.4 Å². The summed E-state index contributed by atoms with van der Waals surface area (Å²) in [6.45, 7) is 0. The van der Waals surface area contributed by atoms with E-state index in [1.807, 2.05) is 6.07 Å². The first-order valence-corrected chi connectivity index (χ1v) is 7.70. The van der Waals surface area contributed by atoms with Crippen LogP contribution in [0.4, 0.5) is 0 Å². The molecule has 8 heteroatoms. The molecule has 1 unspecified atom stereocenters. The largest absolute Gasteiger partial charge is 0.496 e. The molecule has 1 heterocycles. The number of nitriles is 1. The Bertz CT molecular complexity index is 992. The van der Waals surface area contributed by atoms with Crippen LogP contribution in [-0.2, 0) is 16.8 Å². The minimum atomic E-state index is -2.17. The summed E-state index contributed by atoms with van der Waals surface area (Å²) in [4.78, 5) is 26.5. The second-order valence-corrected chi connectivity index (χ2v) is 6.12. The first kappa shape index (κ1) is 17.0. The molecular weight excluding hydrogens is 348 g/mol. The fourth-order valence-electron chi connectivity index (χ4n) is 3.15. The van der Waals surface area contributed by atoms with Crippen LogP contribution in [0.5, 0.6) is 5.75 Å². The van der Waals surface area contributed by atoms with Crippen molar-refractivity contribution in [3.05, 3.63) is 50.4 Å². The molecule has 1 aromatic heterocycles. The van der Waals surface area contributed by atoms with E-state index in [0.29, 0.717) is 10.6 Å². The van der Waals surface area contributed by atoms with Crippen molar-refractivity contribution in [3.8, 4) is 22.9 Å². The van der Waals surface area contributed by atoms with Gasteiger partial charge in [0.25, 0.3) is 5.56 Å². The van der Waals surface area contributed by atoms with Crippen LogP contribution >= 0.6 is 11.6 Å². The van der Waals surface area contributed by atoms with E-state index in [2.05, 4.69) is 4.98 Å². The third kappa shape index (κ3) is 2.47. The Morgan fingerprint density at radius 3 is 2.80 bits per heavy atom. The molecule has 25 heavy (non-hydrogen) atoms. The molecule has 0 spiro atoms. The van der Waals surface area contributed by atoms with E-state index in [4.69, 9.17) is 16.3 Å². The number of nitrogens with zero attached hydrogens (tertiary/aromatic N) is 1. The topological polar surface area (TPSA) is 123 Å². The van der Waals surface area contributed by atoms with E-state index in [1.165, 1.54) is 25.3 Å². The Balaban J connectivity index is 2.37. The molecule has 0 saturated carbocycles. The maximum atomic E-state index is 12.7. The molecule has 1 aliphatic carbocycles. The van der Waals surface area contributed by atoms with Crippen molar-refractivity contribution in [3.63, 3.8) is 0 Å². The summed E-state index contributed by atoms with van der Waals surface area (Å²) < 4.78 is 5.36. The number of benzene rings is 1. The number of methoxy groups -OCH3 is 1. The number of carbonyl (C=O) groups is 1. The lowest BCUT2D eigenvalue weighted by molar-refractivity contribution is -0.159. The molecule has 3 N–H and O–H groups in total. The Hall–Kier alpha value is -2.82. The van der Waals surface area contributed by atoms with E-state index in [0.717, 1.165) is 0 Å². The second kappa shape index (κ2) is 5.92. The standard InChI is InChI=1S/C17H13ClN2O5/c1-25-13-10-4-5-17(24,16(22)23)14(10)20-15(21)12(13)11-6-9(18)3-2-8(11)7-19/h2-3,6,24H,4-5H2,1H3,(H,20,21)(H,22,23). The number of aliphatic hydroxyl groups is 1. The maximum absolute atomic E-state index is 12.7. The molecule has 7 nitrogen and oxygen atoms in total. The van der Waals surface area contributed by atoms with E-state index in [-0.39, 0.29) is 41.0 Å². The van der Waals surface area contributed by atoms with Gasteiger partial charge in [-0.2, -0.15) is 5.26 Å². The third-order valence-electron chi connectivity index (χ3n) is 4.35. The van der Waals surface area contributed by atoms with Crippen LogP contribution in [0.15, 0.2) is 23.0 Å². The number of nitrogens with one attached hydrogen (secondary N) is 1. The van der Waals surface area contributed by atoms with Crippen LogP contribution in [0.2, 0.25) is 5.02 Å². The third-order valence-corrected chi connectivity index (χ3v) is 4.58. The van der Waals surface area contributed by atoms with Crippen molar-refractivity contribution in [2.75, 3.05) is 7.11 Å². The van der Waals surface area contributed by atoms with Crippen molar-refractivity contribution < 1.29 is 19.7 Å². The molecule has 1 aromatic carbocycles. The van der Waals surface area contributed by atoms with Gasteiger partial charge in [0.15, 0.2) is 0 Å². The Morgan fingerprint density at radius 1 is 1.48 bits per heavy atom. The highest BCUT2D eigenvalue weighted by atomic mass is 35.5. The fourth-order valence-corrected chi connectivity index (χ4v) is 3.32. The summed E-state index contributed by atoms with van der Waals surface area (Å²) in [5, 5.41) is 29.3. The van der Waals surface area contributed by atoms with Crippen LogP contribution in [0.1, 0.15) is 23.2 Å². The molecule has 0 amide bonds. The van der Waals surface area contributed by atoms with Gasteiger partial charge in [-0.15, -0.1) is 0 Å². The Morgan fingerprint density at radius 2 is 2.20 bits per heavy atom.